The molecule has 0 fully saturated rings. The van der Waals surface area contributed by atoms with Crippen LogP contribution in [0.4, 0.5) is 14.5 Å². The average Bonchev–Trinajstić information content (AvgIpc) is 3.22. The summed E-state index contributed by atoms with van der Waals surface area (Å²) >= 11 is 6.48. The first-order valence-corrected chi connectivity index (χ1v) is 14.5. The molecule has 2 heterocycles. The minimum atomic E-state index is -1.04. The Balaban J connectivity index is 1.46. The van der Waals surface area contributed by atoms with Crippen molar-refractivity contribution >= 4 is 29.1 Å². The molecule has 42 heavy (non-hydrogen) atoms. The Morgan fingerprint density at radius 1 is 0.881 bits per heavy atom. The number of hydrogen-bond donors (Lipinski definition) is 0. The summed E-state index contributed by atoms with van der Waals surface area (Å²) < 4.78 is 40.5. The first-order chi connectivity index (χ1) is 20.3. The van der Waals surface area contributed by atoms with Crippen molar-refractivity contribution in [2.45, 2.75) is 39.3 Å². The van der Waals surface area contributed by atoms with E-state index < -0.39 is 11.6 Å². The van der Waals surface area contributed by atoms with Crippen LogP contribution in [-0.4, -0.2) is 61.0 Å². The Morgan fingerprint density at radius 2 is 1.64 bits per heavy atom. The predicted molar refractivity (Wildman–Crippen MR) is 157 cm³/mol. The highest BCUT2D eigenvalue weighted by Gasteiger charge is 2.25. The number of amides is 2. The lowest BCUT2D eigenvalue weighted by molar-refractivity contribution is -0.131. The normalized spacial score (nSPS) is 16.3. The van der Waals surface area contributed by atoms with E-state index in [0.29, 0.717) is 80.0 Å². The smallest absolute Gasteiger partial charge is 0.227 e. The van der Waals surface area contributed by atoms with Gasteiger partial charge in [0.1, 0.15) is 0 Å². The fraction of sp³-hybridized carbons (Fsp3) is 0.375. The maximum absolute atomic E-state index is 14.5. The molecule has 2 aliphatic rings. The zero-order chi connectivity index (χ0) is 29.6. The molecule has 0 bridgehead atoms. The van der Waals surface area contributed by atoms with Crippen LogP contribution in [0.3, 0.4) is 0 Å². The highest BCUT2D eigenvalue weighted by atomic mass is 35.5. The number of fused-ring (bicyclic) bond motifs is 2. The van der Waals surface area contributed by atoms with Crippen LogP contribution in [-0.2, 0) is 29.1 Å². The molecule has 3 aromatic carbocycles. The van der Waals surface area contributed by atoms with Crippen molar-refractivity contribution in [3.63, 3.8) is 0 Å². The van der Waals surface area contributed by atoms with E-state index in [1.165, 1.54) is 11.8 Å². The second-order valence-corrected chi connectivity index (χ2v) is 11.0. The van der Waals surface area contributed by atoms with Crippen LogP contribution >= 0.6 is 11.6 Å². The molecule has 5 rings (SSSR count). The maximum atomic E-state index is 14.5. The SMILES string of the molecule is CC(=O)N1CCCN(Cc2ccccc2)CCN(C(=O)Cc2cc(Cl)c3c(c2)OCCCO3)Cc2cc(F)c(F)cc21. The Hall–Kier alpha value is -3.69. The molecule has 0 saturated heterocycles. The molecular formula is C32H34ClF2N3O4. The molecule has 0 spiro atoms. The number of nitrogens with zero attached hydrogens (tertiary/aromatic N) is 3. The van der Waals surface area contributed by atoms with E-state index in [4.69, 9.17) is 21.1 Å². The third-order valence-electron chi connectivity index (χ3n) is 7.51. The number of ether oxygens (including phenoxy) is 2. The maximum Gasteiger partial charge on any atom is 0.227 e. The summed E-state index contributed by atoms with van der Waals surface area (Å²) in [5, 5.41) is 0.365. The van der Waals surface area contributed by atoms with E-state index in [9.17, 15) is 18.4 Å². The van der Waals surface area contributed by atoms with Crippen molar-refractivity contribution in [3.8, 4) is 11.5 Å². The van der Waals surface area contributed by atoms with Crippen LogP contribution in [0, 0.1) is 11.6 Å². The molecule has 0 unspecified atom stereocenters. The third-order valence-corrected chi connectivity index (χ3v) is 7.80. The zero-order valence-electron chi connectivity index (χ0n) is 23.6. The minimum Gasteiger partial charge on any atom is -0.489 e. The van der Waals surface area contributed by atoms with Gasteiger partial charge < -0.3 is 19.3 Å². The number of carbonyl (C=O) groups is 2. The van der Waals surface area contributed by atoms with Gasteiger partial charge >= 0.3 is 0 Å². The van der Waals surface area contributed by atoms with Crippen LogP contribution in [0.15, 0.2) is 54.6 Å². The van der Waals surface area contributed by atoms with E-state index >= 15 is 0 Å². The molecule has 0 aromatic heterocycles. The van der Waals surface area contributed by atoms with Crippen molar-refractivity contribution in [1.29, 1.82) is 0 Å². The van der Waals surface area contributed by atoms with E-state index in [1.54, 1.807) is 17.0 Å². The largest absolute Gasteiger partial charge is 0.489 e. The molecular weight excluding hydrogens is 564 g/mol. The summed E-state index contributed by atoms with van der Waals surface area (Å²) in [6.45, 7) is 4.94. The molecule has 0 N–H and O–H groups in total. The number of rotatable bonds is 4. The van der Waals surface area contributed by atoms with Gasteiger partial charge in [-0.3, -0.25) is 14.5 Å². The van der Waals surface area contributed by atoms with Crippen molar-refractivity contribution < 1.29 is 27.8 Å². The second-order valence-electron chi connectivity index (χ2n) is 10.6. The Bertz CT molecular complexity index is 1440. The average molecular weight is 598 g/mol. The van der Waals surface area contributed by atoms with Gasteiger partial charge in [-0.1, -0.05) is 41.9 Å². The summed E-state index contributed by atoms with van der Waals surface area (Å²) in [5.41, 5.74) is 2.42. The highest BCUT2D eigenvalue weighted by molar-refractivity contribution is 6.32. The number of anilines is 1. The number of halogens is 3. The van der Waals surface area contributed by atoms with E-state index in [0.717, 1.165) is 24.1 Å². The van der Waals surface area contributed by atoms with E-state index in [2.05, 4.69) is 4.90 Å². The summed E-state index contributed by atoms with van der Waals surface area (Å²) in [7, 11) is 0. The highest BCUT2D eigenvalue weighted by Crippen LogP contribution is 2.38. The summed E-state index contributed by atoms with van der Waals surface area (Å²) in [4.78, 5) is 31.9. The fourth-order valence-corrected chi connectivity index (χ4v) is 5.69. The zero-order valence-corrected chi connectivity index (χ0v) is 24.3. The number of benzene rings is 3. The molecule has 7 nitrogen and oxygen atoms in total. The predicted octanol–water partition coefficient (Wildman–Crippen LogP) is 5.61. The monoisotopic (exact) mass is 597 g/mol. The Kier molecular flexibility index (Phi) is 9.59. The molecule has 0 saturated carbocycles. The first kappa shape index (κ1) is 29.8. The van der Waals surface area contributed by atoms with Gasteiger partial charge in [0.2, 0.25) is 11.8 Å². The van der Waals surface area contributed by atoms with Gasteiger partial charge in [-0.2, -0.15) is 0 Å². The third kappa shape index (κ3) is 7.20. The summed E-state index contributed by atoms with van der Waals surface area (Å²) in [6, 6.07) is 15.6. The lowest BCUT2D eigenvalue weighted by atomic mass is 10.1. The van der Waals surface area contributed by atoms with Crippen molar-refractivity contribution in [2.24, 2.45) is 0 Å². The van der Waals surface area contributed by atoms with Crippen molar-refractivity contribution in [3.05, 3.63) is 87.9 Å². The van der Waals surface area contributed by atoms with Crippen LogP contribution in [0.25, 0.3) is 0 Å². The quantitative estimate of drug-likeness (QED) is 0.391. The van der Waals surface area contributed by atoms with Gasteiger partial charge in [0.15, 0.2) is 23.1 Å². The number of hydrogen-bond acceptors (Lipinski definition) is 5. The topological polar surface area (TPSA) is 62.3 Å². The molecule has 2 aliphatic heterocycles. The molecule has 0 atom stereocenters. The van der Waals surface area contributed by atoms with Crippen molar-refractivity contribution in [1.82, 2.24) is 9.80 Å². The summed E-state index contributed by atoms with van der Waals surface area (Å²) in [5.74, 6) is -1.61. The van der Waals surface area contributed by atoms with Gasteiger partial charge in [-0.05, 0) is 41.3 Å². The van der Waals surface area contributed by atoms with Crippen LogP contribution < -0.4 is 14.4 Å². The van der Waals surface area contributed by atoms with Gasteiger partial charge in [0, 0.05) is 58.7 Å². The van der Waals surface area contributed by atoms with E-state index in [-0.39, 0.29) is 30.5 Å². The Labute approximate surface area is 249 Å². The van der Waals surface area contributed by atoms with Crippen molar-refractivity contribution in [2.75, 3.05) is 44.3 Å². The molecule has 2 amide bonds. The Morgan fingerprint density at radius 3 is 2.43 bits per heavy atom. The summed E-state index contributed by atoms with van der Waals surface area (Å²) in [6.07, 6.45) is 1.36. The molecule has 222 valence electrons. The first-order valence-electron chi connectivity index (χ1n) is 14.2. The van der Waals surface area contributed by atoms with Gasteiger partial charge in [0.05, 0.1) is 30.3 Å². The standard InChI is InChI=1S/C32H34ClF2N3O4/c1-22(39)38-10-5-9-36(20-23-7-3-2-4-8-23)11-12-37(21-25-18-27(34)28(35)19-29(25)38)31(40)17-24-15-26(33)32-30(16-24)41-13-6-14-42-32/h2-4,7-8,15-16,18-19H,5-6,9-14,17,20-21H2,1H3. The lowest BCUT2D eigenvalue weighted by Crippen LogP contribution is -2.39. The fourth-order valence-electron chi connectivity index (χ4n) is 5.40. The molecule has 3 aromatic rings. The van der Waals surface area contributed by atoms with E-state index in [1.807, 2.05) is 30.3 Å². The molecule has 0 radical (unpaired) electrons. The van der Waals surface area contributed by atoms with Gasteiger partial charge in [-0.15, -0.1) is 0 Å². The van der Waals surface area contributed by atoms with Gasteiger partial charge in [0.25, 0.3) is 0 Å². The number of carbonyl (C=O) groups excluding carboxylic acids is 2. The second kappa shape index (κ2) is 13.5. The van der Waals surface area contributed by atoms with Crippen LogP contribution in [0.5, 0.6) is 11.5 Å². The van der Waals surface area contributed by atoms with Crippen LogP contribution in [0.2, 0.25) is 5.02 Å². The lowest BCUT2D eigenvalue weighted by Gasteiger charge is -2.28. The molecule has 0 aliphatic carbocycles. The minimum absolute atomic E-state index is 0.00656. The molecule has 10 heteroatoms. The van der Waals surface area contributed by atoms with Gasteiger partial charge in [-0.25, -0.2) is 8.78 Å². The van der Waals surface area contributed by atoms with Crippen LogP contribution in [0.1, 0.15) is 36.5 Å².